The van der Waals surface area contributed by atoms with Crippen LogP contribution in [-0.2, 0) is 21.9 Å². The van der Waals surface area contributed by atoms with E-state index in [1.807, 2.05) is 0 Å². The summed E-state index contributed by atoms with van der Waals surface area (Å²) in [7, 11) is -5.14. The normalized spacial score (nSPS) is 8.43. The molecule has 0 aromatic heterocycles. The van der Waals surface area contributed by atoms with Crippen LogP contribution in [0.5, 0.6) is 0 Å². The number of phosphoric acid groups is 1. The molecule has 7 heavy (non-hydrogen) atoms. The van der Waals surface area contributed by atoms with Crippen LogP contribution < -0.4 is 9.79 Å². The minimum absolute atomic E-state index is 0. The van der Waals surface area contributed by atoms with Gasteiger partial charge in [0.2, 0.25) is 0 Å². The Hall–Kier alpha value is 1.90. The molecular formula is HCaCrO4P+3. The SMILES string of the molecule is O=P([O-])([O-])O.[Ca+2].[Cr+3]. The Kier molecular flexibility index (Phi) is 13.7. The Morgan fingerprint density at radius 1 is 1.43 bits per heavy atom. The average molecular weight is 188 g/mol. The van der Waals surface area contributed by atoms with Gasteiger partial charge in [-0.3, -0.25) is 0 Å². The molecule has 0 saturated carbocycles. The van der Waals surface area contributed by atoms with Gasteiger partial charge < -0.3 is 19.2 Å². The molecule has 0 saturated heterocycles. The molecule has 0 rings (SSSR count). The van der Waals surface area contributed by atoms with Crippen LogP contribution in [0.1, 0.15) is 0 Å². The van der Waals surface area contributed by atoms with Gasteiger partial charge in [0.25, 0.3) is 0 Å². The molecule has 0 spiro atoms. The minimum Gasteiger partial charge on any atom is -0.790 e. The first-order valence-corrected chi connectivity index (χ1v) is 2.24. The smallest absolute Gasteiger partial charge is 0.790 e. The zero-order valence-corrected chi connectivity index (χ0v) is 7.61. The second-order valence-electron chi connectivity index (χ2n) is 0.469. The van der Waals surface area contributed by atoms with Gasteiger partial charge in [-0.05, 0) is 0 Å². The molecular weight excluding hydrogens is 187 g/mol. The standard InChI is InChI=1S/Ca.Cr.H3O4P/c;;1-5(2,3)4/h;;(H3,1,2,3,4)/q+2;+3;/p-2. The molecule has 4 nitrogen and oxygen atoms in total. The maximum absolute atomic E-state index is 8.66. The molecule has 0 aromatic rings. The number of hydrogen-bond acceptors (Lipinski definition) is 3. The van der Waals surface area contributed by atoms with Crippen molar-refractivity contribution in [2.45, 2.75) is 0 Å². The molecule has 35 valence electrons. The Morgan fingerprint density at radius 2 is 1.43 bits per heavy atom. The Labute approximate surface area is 81.3 Å². The fourth-order valence-corrected chi connectivity index (χ4v) is 0. The van der Waals surface area contributed by atoms with Crippen molar-refractivity contribution in [3.63, 3.8) is 0 Å². The van der Waals surface area contributed by atoms with Crippen molar-refractivity contribution < 1.29 is 36.6 Å². The van der Waals surface area contributed by atoms with Crippen molar-refractivity contribution in [3.05, 3.63) is 0 Å². The van der Waals surface area contributed by atoms with Gasteiger partial charge in [0.15, 0.2) is 0 Å². The van der Waals surface area contributed by atoms with Gasteiger partial charge >= 0.3 is 55.1 Å². The zero-order chi connectivity index (χ0) is 4.50. The van der Waals surface area contributed by atoms with E-state index in [1.54, 1.807) is 0 Å². The maximum atomic E-state index is 8.66. The van der Waals surface area contributed by atoms with Crippen molar-refractivity contribution in [2.75, 3.05) is 0 Å². The minimum atomic E-state index is -5.14. The van der Waals surface area contributed by atoms with E-state index in [4.69, 9.17) is 19.2 Å². The van der Waals surface area contributed by atoms with Gasteiger partial charge in [-0.1, -0.05) is 0 Å². The fourth-order valence-electron chi connectivity index (χ4n) is 0. The van der Waals surface area contributed by atoms with Crippen LogP contribution in [0, 0.1) is 0 Å². The van der Waals surface area contributed by atoms with Crippen LogP contribution in [0.2, 0.25) is 0 Å². The molecule has 0 fully saturated rings. The molecule has 1 radical (unpaired) electrons. The third-order valence-electron chi connectivity index (χ3n) is 0. The quantitative estimate of drug-likeness (QED) is 0.334. The largest absolute Gasteiger partial charge is 3.00 e. The van der Waals surface area contributed by atoms with E-state index in [9.17, 15) is 0 Å². The average Bonchev–Trinajstić information content (AvgIpc) is 0.722. The third-order valence-corrected chi connectivity index (χ3v) is 0. The van der Waals surface area contributed by atoms with Crippen LogP contribution >= 0.6 is 7.82 Å². The van der Waals surface area contributed by atoms with E-state index >= 15 is 0 Å². The summed E-state index contributed by atoms with van der Waals surface area (Å²) in [6.45, 7) is 0. The summed E-state index contributed by atoms with van der Waals surface area (Å²) in [5.41, 5.74) is 0. The summed E-state index contributed by atoms with van der Waals surface area (Å²) >= 11 is 0. The van der Waals surface area contributed by atoms with E-state index in [0.717, 1.165) is 0 Å². The molecule has 0 aliphatic heterocycles. The van der Waals surface area contributed by atoms with Gasteiger partial charge in [-0.2, -0.15) is 0 Å². The van der Waals surface area contributed by atoms with Crippen molar-refractivity contribution >= 4 is 45.6 Å². The van der Waals surface area contributed by atoms with E-state index in [2.05, 4.69) is 0 Å². The van der Waals surface area contributed by atoms with Crippen LogP contribution in [-0.4, -0.2) is 42.6 Å². The van der Waals surface area contributed by atoms with Crippen molar-refractivity contribution in [1.29, 1.82) is 0 Å². The van der Waals surface area contributed by atoms with Crippen LogP contribution in [0.15, 0.2) is 0 Å². The topological polar surface area (TPSA) is 83.4 Å². The summed E-state index contributed by atoms with van der Waals surface area (Å²) < 4.78 is 8.66. The molecule has 0 unspecified atom stereocenters. The summed E-state index contributed by atoms with van der Waals surface area (Å²) in [6, 6.07) is 0. The second-order valence-corrected chi connectivity index (χ2v) is 1.41. The summed E-state index contributed by atoms with van der Waals surface area (Å²) in [4.78, 5) is 24.3. The first kappa shape index (κ1) is 16.0. The van der Waals surface area contributed by atoms with Crippen LogP contribution in [0.25, 0.3) is 0 Å². The molecule has 0 aliphatic rings. The van der Waals surface area contributed by atoms with E-state index in [1.165, 1.54) is 0 Å². The molecule has 0 heterocycles. The molecule has 7 heteroatoms. The number of rotatable bonds is 0. The predicted octanol–water partition coefficient (Wildman–Crippen LogP) is -2.58. The van der Waals surface area contributed by atoms with Gasteiger partial charge in [0.1, 0.15) is 0 Å². The van der Waals surface area contributed by atoms with Gasteiger partial charge in [-0.15, -0.1) is 0 Å². The molecule has 0 amide bonds. The molecule has 0 aliphatic carbocycles. The Bertz CT molecular complexity index is 57.8. The van der Waals surface area contributed by atoms with Crippen LogP contribution in [0.3, 0.4) is 0 Å². The number of hydrogen-bond donors (Lipinski definition) is 1. The van der Waals surface area contributed by atoms with Crippen molar-refractivity contribution in [1.82, 2.24) is 0 Å². The Morgan fingerprint density at radius 3 is 1.43 bits per heavy atom. The van der Waals surface area contributed by atoms with Gasteiger partial charge in [0, 0.05) is 0 Å². The molecule has 0 atom stereocenters. The summed E-state index contributed by atoms with van der Waals surface area (Å²) in [5, 5.41) is 0. The van der Waals surface area contributed by atoms with Gasteiger partial charge in [-0.25, -0.2) is 0 Å². The van der Waals surface area contributed by atoms with Crippen LogP contribution in [0.4, 0.5) is 0 Å². The summed E-state index contributed by atoms with van der Waals surface area (Å²) in [6.07, 6.45) is 0. The molecule has 0 aromatic carbocycles. The van der Waals surface area contributed by atoms with E-state index in [0.29, 0.717) is 0 Å². The first-order valence-electron chi connectivity index (χ1n) is 0.748. The van der Waals surface area contributed by atoms with Gasteiger partial charge in [0.05, 0.1) is 7.82 Å². The Balaban J connectivity index is -0.0000000800. The summed E-state index contributed by atoms with van der Waals surface area (Å²) in [5.74, 6) is 0. The van der Waals surface area contributed by atoms with Crippen molar-refractivity contribution in [3.8, 4) is 0 Å². The first-order chi connectivity index (χ1) is 2.00. The molecule has 0 bridgehead atoms. The maximum Gasteiger partial charge on any atom is 3.00 e. The fraction of sp³-hybridized carbons (Fsp3) is 0. The van der Waals surface area contributed by atoms with Crippen molar-refractivity contribution in [2.24, 2.45) is 0 Å². The van der Waals surface area contributed by atoms with E-state index in [-0.39, 0.29) is 55.1 Å². The zero-order valence-electron chi connectivity index (χ0n) is 3.23. The monoisotopic (exact) mass is 188 g/mol. The third kappa shape index (κ3) is 76.1. The molecule has 1 N–H and O–H groups in total. The second kappa shape index (κ2) is 6.03. The van der Waals surface area contributed by atoms with E-state index < -0.39 is 7.82 Å². The predicted molar refractivity (Wildman–Crippen MR) is 15.6 cm³/mol.